The van der Waals surface area contributed by atoms with Gasteiger partial charge in [-0.25, -0.2) is 0 Å². The van der Waals surface area contributed by atoms with Crippen molar-refractivity contribution in [3.05, 3.63) is 29.3 Å². The number of aryl methyl sites for hydroxylation is 1. The van der Waals surface area contributed by atoms with Gasteiger partial charge < -0.3 is 5.11 Å². The number of rotatable bonds is 4. The molecule has 0 aliphatic heterocycles. The van der Waals surface area contributed by atoms with Gasteiger partial charge in [0.15, 0.2) is 5.78 Å². The van der Waals surface area contributed by atoms with Crippen LogP contribution in [0.1, 0.15) is 29.3 Å². The summed E-state index contributed by atoms with van der Waals surface area (Å²) in [5.74, 6) is 0.0899. The smallest absolute Gasteiger partial charge is 0.167 e. The van der Waals surface area contributed by atoms with Gasteiger partial charge in [-0.2, -0.15) is 0 Å². The van der Waals surface area contributed by atoms with Gasteiger partial charge in [0.2, 0.25) is 0 Å². The average molecular weight is 257 g/mol. The van der Waals surface area contributed by atoms with Crippen molar-refractivity contribution in [2.24, 2.45) is 0 Å². The van der Waals surface area contributed by atoms with Gasteiger partial charge in [0.25, 0.3) is 0 Å². The van der Waals surface area contributed by atoms with Crippen LogP contribution in [0.4, 0.5) is 0 Å². The predicted molar refractivity (Wildman–Crippen MR) is 60.2 cm³/mol. The molecule has 1 aromatic carbocycles. The van der Waals surface area contributed by atoms with E-state index in [9.17, 15) is 9.90 Å². The van der Waals surface area contributed by atoms with E-state index in [-0.39, 0.29) is 11.5 Å². The third-order valence-electron chi connectivity index (χ3n) is 2.11. The van der Waals surface area contributed by atoms with Crippen molar-refractivity contribution in [1.82, 2.24) is 0 Å². The highest BCUT2D eigenvalue weighted by Crippen LogP contribution is 2.23. The van der Waals surface area contributed by atoms with Crippen LogP contribution >= 0.6 is 15.9 Å². The van der Waals surface area contributed by atoms with Crippen LogP contribution in [0, 0.1) is 0 Å². The lowest BCUT2D eigenvalue weighted by molar-refractivity contribution is 0.0986. The maximum Gasteiger partial charge on any atom is 0.167 e. The van der Waals surface area contributed by atoms with E-state index >= 15 is 0 Å². The van der Waals surface area contributed by atoms with Crippen LogP contribution in [0.5, 0.6) is 5.75 Å². The summed E-state index contributed by atoms with van der Waals surface area (Å²) in [6.07, 6.45) is 1.18. The molecule has 1 rings (SSSR count). The van der Waals surface area contributed by atoms with E-state index in [2.05, 4.69) is 15.9 Å². The molecule has 0 heterocycles. The van der Waals surface area contributed by atoms with Gasteiger partial charge in [-0.05, 0) is 18.1 Å². The minimum atomic E-state index is -0.00294. The van der Waals surface area contributed by atoms with Gasteiger partial charge in [-0.15, -0.1) is 0 Å². The quantitative estimate of drug-likeness (QED) is 0.665. The summed E-state index contributed by atoms with van der Waals surface area (Å²) in [6.45, 7) is 1.97. The molecule has 0 amide bonds. The number of alkyl halides is 1. The Kier molecular flexibility index (Phi) is 4.14. The molecular weight excluding hydrogens is 244 g/mol. The third kappa shape index (κ3) is 2.35. The number of halogens is 1. The van der Waals surface area contributed by atoms with Crippen molar-refractivity contribution >= 4 is 21.7 Å². The summed E-state index contributed by atoms with van der Waals surface area (Å²) in [4.78, 5) is 11.7. The number of hydrogen-bond acceptors (Lipinski definition) is 2. The van der Waals surface area contributed by atoms with Crippen molar-refractivity contribution in [2.75, 3.05) is 5.33 Å². The highest BCUT2D eigenvalue weighted by molar-refractivity contribution is 9.09. The maximum absolute atomic E-state index is 11.7. The number of carbonyl (C=O) groups is 1. The summed E-state index contributed by atoms with van der Waals surface area (Å²) in [7, 11) is 0. The number of aromatic hydroxyl groups is 1. The first kappa shape index (κ1) is 11.2. The maximum atomic E-state index is 11.7. The molecule has 0 unspecified atom stereocenters. The van der Waals surface area contributed by atoms with Crippen LogP contribution in [-0.2, 0) is 6.42 Å². The van der Waals surface area contributed by atoms with Gasteiger partial charge in [0, 0.05) is 11.8 Å². The molecule has 1 N–H and O–H groups in total. The summed E-state index contributed by atoms with van der Waals surface area (Å²) >= 11 is 3.22. The number of benzene rings is 1. The number of phenols is 1. The van der Waals surface area contributed by atoms with Crippen molar-refractivity contribution in [1.29, 1.82) is 0 Å². The number of Topliss-reactive ketones (excluding diaryl/α,β-unsaturated/α-hetero) is 1. The number of carbonyl (C=O) groups excluding carboxylic acids is 1. The predicted octanol–water partition coefficient (Wildman–Crippen LogP) is 2.92. The van der Waals surface area contributed by atoms with E-state index in [1.807, 2.05) is 13.0 Å². The Labute approximate surface area is 92.1 Å². The molecule has 1 aromatic rings. The van der Waals surface area contributed by atoms with E-state index in [0.717, 1.165) is 12.0 Å². The molecule has 0 aliphatic rings. The van der Waals surface area contributed by atoms with Gasteiger partial charge in [-0.1, -0.05) is 35.0 Å². The van der Waals surface area contributed by atoms with Gasteiger partial charge in [0.05, 0.1) is 5.56 Å². The lowest BCUT2D eigenvalue weighted by Crippen LogP contribution is -2.04. The largest absolute Gasteiger partial charge is 0.507 e. The Morgan fingerprint density at radius 3 is 2.79 bits per heavy atom. The van der Waals surface area contributed by atoms with Crippen LogP contribution in [0.3, 0.4) is 0 Å². The molecule has 0 fully saturated rings. The highest BCUT2D eigenvalue weighted by atomic mass is 79.9. The Hall–Kier alpha value is -0.830. The second-order valence-corrected chi connectivity index (χ2v) is 3.82. The summed E-state index contributed by atoms with van der Waals surface area (Å²) in [6, 6.07) is 5.20. The molecule has 2 nitrogen and oxygen atoms in total. The highest BCUT2D eigenvalue weighted by Gasteiger charge is 2.13. The SMILES string of the molecule is CCc1cccc(O)c1C(=O)CCBr. The molecule has 0 radical (unpaired) electrons. The number of phenolic OH excluding ortho intramolecular Hbond substituents is 1. The molecule has 0 saturated heterocycles. The van der Waals surface area contributed by atoms with E-state index in [4.69, 9.17) is 0 Å². The average Bonchev–Trinajstić information content (AvgIpc) is 2.17. The Morgan fingerprint density at radius 2 is 2.21 bits per heavy atom. The molecule has 0 bridgehead atoms. The lowest BCUT2D eigenvalue weighted by Gasteiger charge is -2.07. The second kappa shape index (κ2) is 5.15. The van der Waals surface area contributed by atoms with Gasteiger partial charge in [0.1, 0.15) is 5.75 Å². The van der Waals surface area contributed by atoms with Crippen molar-refractivity contribution < 1.29 is 9.90 Å². The molecule has 0 atom stereocenters. The van der Waals surface area contributed by atoms with Crippen LogP contribution in [0.2, 0.25) is 0 Å². The van der Waals surface area contributed by atoms with E-state index in [0.29, 0.717) is 17.3 Å². The monoisotopic (exact) mass is 256 g/mol. The van der Waals surface area contributed by atoms with E-state index < -0.39 is 0 Å². The van der Waals surface area contributed by atoms with Crippen LogP contribution in [0.25, 0.3) is 0 Å². The zero-order valence-corrected chi connectivity index (χ0v) is 9.67. The number of hydrogen-bond donors (Lipinski definition) is 1. The zero-order valence-electron chi connectivity index (χ0n) is 8.09. The normalized spacial score (nSPS) is 10.1. The fourth-order valence-corrected chi connectivity index (χ4v) is 1.77. The van der Waals surface area contributed by atoms with Crippen LogP contribution in [0.15, 0.2) is 18.2 Å². The first-order valence-corrected chi connectivity index (χ1v) is 5.72. The van der Waals surface area contributed by atoms with E-state index in [1.165, 1.54) is 0 Å². The first-order valence-electron chi connectivity index (χ1n) is 4.60. The van der Waals surface area contributed by atoms with Crippen LogP contribution in [-0.4, -0.2) is 16.2 Å². The van der Waals surface area contributed by atoms with E-state index in [1.54, 1.807) is 12.1 Å². The third-order valence-corrected chi connectivity index (χ3v) is 2.51. The molecule has 76 valence electrons. The zero-order chi connectivity index (χ0) is 10.6. The summed E-state index contributed by atoms with van der Waals surface area (Å²) < 4.78 is 0. The molecule has 0 aliphatic carbocycles. The van der Waals surface area contributed by atoms with Crippen molar-refractivity contribution in [2.45, 2.75) is 19.8 Å². The van der Waals surface area contributed by atoms with Crippen LogP contribution < -0.4 is 0 Å². The van der Waals surface area contributed by atoms with Gasteiger partial charge >= 0.3 is 0 Å². The first-order chi connectivity index (χ1) is 6.70. The number of ketones is 1. The molecule has 0 spiro atoms. The molecule has 14 heavy (non-hydrogen) atoms. The molecule has 0 aromatic heterocycles. The Bertz CT molecular complexity index is 334. The minimum absolute atomic E-state index is 0.00294. The van der Waals surface area contributed by atoms with Gasteiger partial charge in [-0.3, -0.25) is 4.79 Å². The molecular formula is C11H13BrO2. The lowest BCUT2D eigenvalue weighted by atomic mass is 9.99. The Morgan fingerprint density at radius 1 is 1.50 bits per heavy atom. The second-order valence-electron chi connectivity index (χ2n) is 3.03. The van der Waals surface area contributed by atoms with Crippen molar-refractivity contribution in [3.63, 3.8) is 0 Å². The Balaban J connectivity index is 3.10. The molecule has 3 heteroatoms. The standard InChI is InChI=1S/C11H13BrO2/c1-2-8-4-3-5-9(13)11(8)10(14)6-7-12/h3-5,13H,2,6-7H2,1H3. The minimum Gasteiger partial charge on any atom is -0.507 e. The fourth-order valence-electron chi connectivity index (χ4n) is 1.41. The molecule has 0 saturated carbocycles. The fraction of sp³-hybridized carbons (Fsp3) is 0.364. The summed E-state index contributed by atoms with van der Waals surface area (Å²) in [5.41, 5.74) is 1.39. The topological polar surface area (TPSA) is 37.3 Å². The van der Waals surface area contributed by atoms with Crippen molar-refractivity contribution in [3.8, 4) is 5.75 Å². The summed E-state index contributed by atoms with van der Waals surface area (Å²) in [5, 5.41) is 10.2.